The highest BCUT2D eigenvalue weighted by atomic mass is 35.5. The first-order valence-electron chi connectivity index (χ1n) is 13.2. The number of rotatable bonds is 8. The van der Waals surface area contributed by atoms with E-state index in [0.717, 1.165) is 31.2 Å². The summed E-state index contributed by atoms with van der Waals surface area (Å²) in [6.45, 7) is 11.3. The molecular weight excluding hydrogens is 488 g/mol. The lowest BCUT2D eigenvalue weighted by atomic mass is 9.95. The Hall–Kier alpha value is -2.61. The van der Waals surface area contributed by atoms with Crippen LogP contribution in [0.3, 0.4) is 0 Å². The van der Waals surface area contributed by atoms with Crippen LogP contribution in [0.4, 0.5) is 5.69 Å². The second kappa shape index (κ2) is 13.8. The van der Waals surface area contributed by atoms with Crippen molar-refractivity contribution in [3.63, 3.8) is 0 Å². The van der Waals surface area contributed by atoms with Crippen LogP contribution >= 0.6 is 12.4 Å². The smallest absolute Gasteiger partial charge is 0.258 e. The Bertz CT molecular complexity index is 986. The van der Waals surface area contributed by atoms with Crippen LogP contribution in [-0.4, -0.2) is 92.0 Å². The van der Waals surface area contributed by atoms with Crippen molar-refractivity contribution in [2.75, 3.05) is 64.4 Å². The van der Waals surface area contributed by atoms with Gasteiger partial charge in [-0.05, 0) is 82.1 Å². The molecule has 2 heterocycles. The number of anilines is 1. The molecule has 2 aliphatic rings. The number of ether oxygens (including phenoxy) is 1. The lowest BCUT2D eigenvalue weighted by molar-refractivity contribution is -0.131. The Morgan fingerprint density at radius 2 is 1.54 bits per heavy atom. The van der Waals surface area contributed by atoms with E-state index in [2.05, 4.69) is 23.6 Å². The van der Waals surface area contributed by atoms with Crippen LogP contribution in [0.25, 0.3) is 0 Å². The quantitative estimate of drug-likeness (QED) is 0.518. The maximum Gasteiger partial charge on any atom is 0.258 e. The van der Waals surface area contributed by atoms with E-state index in [1.54, 1.807) is 36.3 Å². The van der Waals surface area contributed by atoms with Gasteiger partial charge in [0.2, 0.25) is 5.91 Å². The minimum Gasteiger partial charge on any atom is -0.497 e. The highest BCUT2D eigenvalue weighted by Gasteiger charge is 2.28. The van der Waals surface area contributed by atoms with Crippen molar-refractivity contribution in [1.82, 2.24) is 14.7 Å². The molecule has 0 saturated carbocycles. The largest absolute Gasteiger partial charge is 0.497 e. The standard InChI is InChI=1S/C29H40N4O3.ClH/c1-23(2)31-15-13-24(14-16-31)21-30-17-19-32(20-18-30)28(34)22-33(26-7-5-4-6-8-26)29(35)25-9-11-27(36-3)12-10-25;/h4-12,23-24H,13-22H2,1-3H3;1H. The normalized spacial score (nSPS) is 17.4. The summed E-state index contributed by atoms with van der Waals surface area (Å²) in [7, 11) is 1.60. The predicted octanol–water partition coefficient (Wildman–Crippen LogP) is 4.03. The number of carbonyl (C=O) groups is 2. The molecule has 7 nitrogen and oxygen atoms in total. The number of nitrogens with zero attached hydrogens (tertiary/aromatic N) is 4. The van der Waals surface area contributed by atoms with Gasteiger partial charge < -0.3 is 14.5 Å². The van der Waals surface area contributed by atoms with Gasteiger partial charge in [-0.2, -0.15) is 0 Å². The number of piperazine rings is 1. The van der Waals surface area contributed by atoms with Crippen molar-refractivity contribution in [3.05, 3.63) is 60.2 Å². The van der Waals surface area contributed by atoms with Crippen LogP contribution in [0.1, 0.15) is 37.0 Å². The van der Waals surface area contributed by atoms with Crippen molar-refractivity contribution >= 4 is 29.9 Å². The maximum atomic E-state index is 13.4. The Labute approximate surface area is 227 Å². The SMILES string of the molecule is COc1ccc(C(=O)N(CC(=O)N2CCN(CC3CCN(C(C)C)CC3)CC2)c2ccccc2)cc1.Cl. The molecule has 8 heteroatoms. The van der Waals surface area contributed by atoms with Crippen molar-refractivity contribution in [3.8, 4) is 5.75 Å². The molecule has 0 N–H and O–H groups in total. The van der Waals surface area contributed by atoms with Gasteiger partial charge in [0, 0.05) is 50.0 Å². The Balaban J connectivity index is 0.00000380. The van der Waals surface area contributed by atoms with Crippen molar-refractivity contribution in [1.29, 1.82) is 0 Å². The van der Waals surface area contributed by atoms with E-state index >= 15 is 0 Å². The summed E-state index contributed by atoms with van der Waals surface area (Å²) in [4.78, 5) is 35.3. The second-order valence-electron chi connectivity index (χ2n) is 10.2. The molecule has 0 aromatic heterocycles. The topological polar surface area (TPSA) is 56.3 Å². The molecule has 2 aliphatic heterocycles. The van der Waals surface area contributed by atoms with Crippen LogP contribution in [0.15, 0.2) is 54.6 Å². The number of methoxy groups -OCH3 is 1. The van der Waals surface area contributed by atoms with Gasteiger partial charge in [0.1, 0.15) is 12.3 Å². The summed E-state index contributed by atoms with van der Waals surface area (Å²) in [6, 6.07) is 17.1. The molecule has 2 amide bonds. The molecule has 2 aromatic carbocycles. The number of benzene rings is 2. The zero-order chi connectivity index (χ0) is 25.5. The summed E-state index contributed by atoms with van der Waals surface area (Å²) in [5, 5.41) is 0. The van der Waals surface area contributed by atoms with Gasteiger partial charge in [-0.1, -0.05) is 18.2 Å². The van der Waals surface area contributed by atoms with Crippen LogP contribution < -0.4 is 9.64 Å². The highest BCUT2D eigenvalue weighted by Crippen LogP contribution is 2.22. The molecule has 4 rings (SSSR count). The number of likely N-dealkylation sites (tertiary alicyclic amines) is 1. The lowest BCUT2D eigenvalue weighted by Gasteiger charge is -2.40. The molecule has 202 valence electrons. The minimum atomic E-state index is -0.191. The van der Waals surface area contributed by atoms with Gasteiger partial charge in [0.15, 0.2) is 0 Å². The van der Waals surface area contributed by atoms with E-state index in [4.69, 9.17) is 4.74 Å². The van der Waals surface area contributed by atoms with E-state index in [1.165, 1.54) is 25.9 Å². The predicted molar refractivity (Wildman–Crippen MR) is 151 cm³/mol. The van der Waals surface area contributed by atoms with Gasteiger partial charge in [0.05, 0.1) is 7.11 Å². The third-order valence-electron chi connectivity index (χ3n) is 7.56. The van der Waals surface area contributed by atoms with E-state index < -0.39 is 0 Å². The molecule has 0 spiro atoms. The zero-order valence-corrected chi connectivity index (χ0v) is 23.2. The molecule has 2 fully saturated rings. The number of hydrogen-bond acceptors (Lipinski definition) is 5. The molecule has 0 radical (unpaired) electrons. The third-order valence-corrected chi connectivity index (χ3v) is 7.56. The summed E-state index contributed by atoms with van der Waals surface area (Å²) >= 11 is 0. The van der Waals surface area contributed by atoms with Crippen molar-refractivity contribution in [2.45, 2.75) is 32.7 Å². The first-order valence-corrected chi connectivity index (χ1v) is 13.2. The van der Waals surface area contributed by atoms with E-state index in [1.807, 2.05) is 35.2 Å². The molecule has 0 unspecified atom stereocenters. The number of halogens is 1. The maximum absolute atomic E-state index is 13.4. The average molecular weight is 529 g/mol. The Kier molecular flexibility index (Phi) is 10.8. The molecular formula is C29H41ClN4O3. The summed E-state index contributed by atoms with van der Waals surface area (Å²) < 4.78 is 5.22. The average Bonchev–Trinajstić information content (AvgIpc) is 2.92. The molecule has 2 aromatic rings. The van der Waals surface area contributed by atoms with E-state index in [0.29, 0.717) is 30.4 Å². The molecule has 0 bridgehead atoms. The molecule has 0 atom stereocenters. The lowest BCUT2D eigenvalue weighted by Crippen LogP contribution is -2.53. The van der Waals surface area contributed by atoms with Crippen LogP contribution in [0.5, 0.6) is 5.75 Å². The fourth-order valence-corrected chi connectivity index (χ4v) is 5.21. The monoisotopic (exact) mass is 528 g/mol. The first-order chi connectivity index (χ1) is 17.4. The third kappa shape index (κ3) is 7.69. The number of piperidine rings is 1. The van der Waals surface area contributed by atoms with Gasteiger partial charge >= 0.3 is 0 Å². The second-order valence-corrected chi connectivity index (χ2v) is 10.2. The van der Waals surface area contributed by atoms with Gasteiger partial charge in [-0.3, -0.25) is 19.4 Å². The molecule has 37 heavy (non-hydrogen) atoms. The molecule has 0 aliphatic carbocycles. The Morgan fingerprint density at radius 3 is 2.11 bits per heavy atom. The van der Waals surface area contributed by atoms with E-state index in [-0.39, 0.29) is 30.8 Å². The number of amides is 2. The first kappa shape index (κ1) is 29.0. The fourth-order valence-electron chi connectivity index (χ4n) is 5.21. The van der Waals surface area contributed by atoms with Gasteiger partial charge in [0.25, 0.3) is 5.91 Å². The molecule has 2 saturated heterocycles. The van der Waals surface area contributed by atoms with E-state index in [9.17, 15) is 9.59 Å². The van der Waals surface area contributed by atoms with Crippen molar-refractivity contribution in [2.24, 2.45) is 5.92 Å². The fraction of sp³-hybridized carbons (Fsp3) is 0.517. The zero-order valence-electron chi connectivity index (χ0n) is 22.3. The summed E-state index contributed by atoms with van der Waals surface area (Å²) in [5.74, 6) is 1.24. The summed E-state index contributed by atoms with van der Waals surface area (Å²) in [5.41, 5.74) is 1.25. The van der Waals surface area contributed by atoms with Crippen LogP contribution in [0.2, 0.25) is 0 Å². The Morgan fingerprint density at radius 1 is 0.919 bits per heavy atom. The van der Waals surface area contributed by atoms with Crippen LogP contribution in [-0.2, 0) is 4.79 Å². The minimum absolute atomic E-state index is 0. The number of para-hydroxylation sites is 1. The number of hydrogen-bond donors (Lipinski definition) is 0. The van der Waals surface area contributed by atoms with Gasteiger partial charge in [-0.25, -0.2) is 0 Å². The summed E-state index contributed by atoms with van der Waals surface area (Å²) in [6.07, 6.45) is 2.52. The van der Waals surface area contributed by atoms with Gasteiger partial charge in [-0.15, -0.1) is 12.4 Å². The number of carbonyl (C=O) groups excluding carboxylic acids is 2. The van der Waals surface area contributed by atoms with Crippen molar-refractivity contribution < 1.29 is 14.3 Å². The highest BCUT2D eigenvalue weighted by molar-refractivity contribution is 6.08. The van der Waals surface area contributed by atoms with Crippen LogP contribution in [0, 0.1) is 5.92 Å².